The van der Waals surface area contributed by atoms with Crippen LogP contribution in [0, 0.1) is 5.41 Å². The summed E-state index contributed by atoms with van der Waals surface area (Å²) in [7, 11) is 0. The van der Waals surface area contributed by atoms with E-state index in [1.54, 1.807) is 0 Å². The van der Waals surface area contributed by atoms with Crippen LogP contribution >= 0.6 is 0 Å². The fraction of sp³-hybridized carbons (Fsp3) is 0.938. The zero-order valence-electron chi connectivity index (χ0n) is 45.7. The Morgan fingerprint density at radius 1 is 0.370 bits per heavy atom. The Labute approximate surface area is 468 Å². The van der Waals surface area contributed by atoms with Gasteiger partial charge in [-0.3, -0.25) is 19.2 Å². The minimum absolute atomic E-state index is 0.0102. The lowest BCUT2D eigenvalue weighted by molar-refractivity contribution is -0.302. The first-order valence-corrected chi connectivity index (χ1v) is 26.8. The van der Waals surface area contributed by atoms with Crippen LogP contribution in [0.1, 0.15) is 26.2 Å². The van der Waals surface area contributed by atoms with E-state index >= 15 is 0 Å². The first-order valence-electron chi connectivity index (χ1n) is 26.8. The van der Waals surface area contributed by atoms with E-state index in [1.807, 2.05) is 6.92 Å². The van der Waals surface area contributed by atoms with Crippen LogP contribution in [0.15, 0.2) is 0 Å². The SMILES string of the molecule is CC(COCCC(=O)NCCOCCOCCO[C@H]1OC(CO)[C@@H](O)C(O)C1O)(COCCC(=O)NCCOCCOCCO[C@H]1OC(CO)[C@@H](O)C(O)C1O)COCCC(=O)NOCCOCCO[C@H]1OC(CO)[C@@H](O)C(O)C1O. The van der Waals surface area contributed by atoms with Gasteiger partial charge < -0.3 is 138 Å². The molecular formula is C48H89N3O30. The topological polar surface area (TPSA) is 469 Å². The number of hydrogen-bond acceptors (Lipinski definition) is 30. The largest absolute Gasteiger partial charge is 0.394 e. The summed E-state index contributed by atoms with van der Waals surface area (Å²) in [6.45, 7) is 2.14. The van der Waals surface area contributed by atoms with Gasteiger partial charge in [-0.1, -0.05) is 6.92 Å². The minimum atomic E-state index is -1.57. The molecule has 33 heteroatoms. The molecule has 0 aromatic rings. The Balaban J connectivity index is 1.27. The fourth-order valence-corrected chi connectivity index (χ4v) is 7.59. The van der Waals surface area contributed by atoms with Crippen LogP contribution in [0.4, 0.5) is 0 Å². The van der Waals surface area contributed by atoms with Crippen LogP contribution < -0.4 is 16.1 Å². The highest BCUT2D eigenvalue weighted by molar-refractivity contribution is 5.76. The van der Waals surface area contributed by atoms with Crippen molar-refractivity contribution in [1.82, 2.24) is 16.1 Å². The molecule has 0 saturated carbocycles. The molecule has 15 atom stereocenters. The summed E-state index contributed by atoms with van der Waals surface area (Å²) in [5.41, 5.74) is 1.49. The maximum Gasteiger partial charge on any atom is 0.245 e. The Bertz CT molecular complexity index is 1570. The van der Waals surface area contributed by atoms with E-state index in [1.165, 1.54) is 0 Å². The van der Waals surface area contributed by atoms with Gasteiger partial charge in [-0.25, -0.2) is 5.48 Å². The second-order valence-electron chi connectivity index (χ2n) is 19.1. The van der Waals surface area contributed by atoms with Crippen LogP contribution in [0.2, 0.25) is 0 Å². The molecule has 3 aliphatic heterocycles. The predicted octanol–water partition coefficient (Wildman–Crippen LogP) is -8.97. The first-order chi connectivity index (χ1) is 39.0. The number of amides is 3. The van der Waals surface area contributed by atoms with Crippen molar-refractivity contribution >= 4 is 17.7 Å². The van der Waals surface area contributed by atoms with Gasteiger partial charge in [0, 0.05) is 31.3 Å². The van der Waals surface area contributed by atoms with Crippen molar-refractivity contribution in [2.45, 2.75) is 118 Å². The lowest BCUT2D eigenvalue weighted by Crippen LogP contribution is -2.59. The maximum absolute atomic E-state index is 12.5. The van der Waals surface area contributed by atoms with Crippen molar-refractivity contribution in [2.24, 2.45) is 5.41 Å². The van der Waals surface area contributed by atoms with Gasteiger partial charge in [-0.2, -0.15) is 0 Å². The van der Waals surface area contributed by atoms with Gasteiger partial charge in [0.15, 0.2) is 18.9 Å². The number of carbonyl (C=O) groups is 3. The summed E-state index contributed by atoms with van der Waals surface area (Å²) < 4.78 is 76.5. The molecular weight excluding hydrogens is 1100 g/mol. The van der Waals surface area contributed by atoms with Gasteiger partial charge in [-0.05, 0) is 0 Å². The molecule has 15 N–H and O–H groups in total. The second-order valence-corrected chi connectivity index (χ2v) is 19.1. The quantitative estimate of drug-likeness (QED) is 0.0199. The summed E-state index contributed by atoms with van der Waals surface area (Å²) in [4.78, 5) is 42.5. The summed E-state index contributed by atoms with van der Waals surface area (Å²) in [6, 6.07) is 0. The molecule has 0 radical (unpaired) electrons. The van der Waals surface area contributed by atoms with E-state index in [4.69, 9.17) is 71.2 Å². The molecule has 3 rings (SSSR count). The van der Waals surface area contributed by atoms with Crippen molar-refractivity contribution in [3.8, 4) is 0 Å². The van der Waals surface area contributed by atoms with E-state index in [-0.39, 0.29) is 176 Å². The van der Waals surface area contributed by atoms with Crippen molar-refractivity contribution in [2.75, 3.05) is 165 Å². The number of carbonyl (C=O) groups excluding carboxylic acids is 3. The lowest BCUT2D eigenvalue weighted by Gasteiger charge is -2.39. The molecule has 0 aliphatic carbocycles. The molecule has 3 saturated heterocycles. The number of ether oxygens (including phenoxy) is 14. The number of hydroxylamine groups is 1. The van der Waals surface area contributed by atoms with Gasteiger partial charge in [0.05, 0.1) is 158 Å². The van der Waals surface area contributed by atoms with E-state index in [2.05, 4.69) is 16.1 Å². The fourth-order valence-electron chi connectivity index (χ4n) is 7.59. The number of rotatable bonds is 46. The number of aliphatic hydroxyl groups is 12. The first kappa shape index (κ1) is 72.6. The molecule has 0 aromatic heterocycles. The summed E-state index contributed by atoms with van der Waals surface area (Å²) >= 11 is 0. The average molecular weight is 1190 g/mol. The molecule has 81 heavy (non-hydrogen) atoms. The molecule has 3 amide bonds. The molecule has 0 spiro atoms. The third-order valence-electron chi connectivity index (χ3n) is 12.2. The van der Waals surface area contributed by atoms with Crippen LogP contribution in [0.5, 0.6) is 0 Å². The standard InChI is InChI=1S/C48H89N3O30/c1-48(29-74-9-4-35(57)51-78-23-19-71-18-22-77-47-44(66)41(63)38(60)32(26-54)81-47,27-72-7-2-33(55)49-5-10-67-12-14-69-16-20-75-45-42(64)39(61)36(58)30(24-52)79-45)28-73-8-3-34(56)50-6-11-68-13-15-70-17-21-76-46-43(65)40(62)37(59)31(25-53)80-46/h30-32,36-47,52-54,58-66H,2-29H2,1H3,(H,49,55)(H,50,56)(H,51,57)/t30?,31?,32?,36-,37-,38-,39?,40?,41?,42?,43?,44?,45+,46+,47+,48?/m1/s1. The molecule has 476 valence electrons. The van der Waals surface area contributed by atoms with Crippen molar-refractivity contribution in [3.05, 3.63) is 0 Å². The summed E-state index contributed by atoms with van der Waals surface area (Å²) in [5, 5.41) is 123. The monoisotopic (exact) mass is 1190 g/mol. The number of hydrogen-bond donors (Lipinski definition) is 15. The van der Waals surface area contributed by atoms with Crippen molar-refractivity contribution < 1.29 is 147 Å². The zero-order chi connectivity index (χ0) is 59.4. The number of nitrogens with one attached hydrogen (secondary N) is 3. The summed E-state index contributed by atoms with van der Waals surface area (Å²) in [5.74, 6) is -1.07. The van der Waals surface area contributed by atoms with Crippen molar-refractivity contribution in [3.63, 3.8) is 0 Å². The molecule has 0 bridgehead atoms. The Morgan fingerprint density at radius 3 is 1.00 bits per heavy atom. The molecule has 9 unspecified atom stereocenters. The van der Waals surface area contributed by atoms with Gasteiger partial charge in [-0.15, -0.1) is 0 Å². The van der Waals surface area contributed by atoms with Crippen LogP contribution in [-0.4, -0.2) is 336 Å². The average Bonchev–Trinajstić information content (AvgIpc) is 3.48. The predicted molar refractivity (Wildman–Crippen MR) is 268 cm³/mol. The maximum atomic E-state index is 12.5. The Morgan fingerprint density at radius 2 is 0.667 bits per heavy atom. The summed E-state index contributed by atoms with van der Waals surface area (Å²) in [6.07, 6.45) is -20.9. The lowest BCUT2D eigenvalue weighted by atomic mass is 9.94. The zero-order valence-corrected chi connectivity index (χ0v) is 45.7. The minimum Gasteiger partial charge on any atom is -0.394 e. The van der Waals surface area contributed by atoms with Gasteiger partial charge >= 0.3 is 0 Å². The van der Waals surface area contributed by atoms with Crippen LogP contribution in [-0.2, 0) is 85.5 Å². The van der Waals surface area contributed by atoms with Gasteiger partial charge in [0.2, 0.25) is 17.7 Å². The molecule has 3 aliphatic rings. The highest BCUT2D eigenvalue weighted by Gasteiger charge is 2.46. The second kappa shape index (κ2) is 42.2. The van der Waals surface area contributed by atoms with Crippen molar-refractivity contribution in [1.29, 1.82) is 0 Å². The Kier molecular flexibility index (Phi) is 37.8. The Hall–Kier alpha value is -2.67. The van der Waals surface area contributed by atoms with E-state index in [9.17, 15) is 75.7 Å². The smallest absolute Gasteiger partial charge is 0.245 e. The highest BCUT2D eigenvalue weighted by Crippen LogP contribution is 2.25. The van der Waals surface area contributed by atoms with Crippen LogP contribution in [0.25, 0.3) is 0 Å². The van der Waals surface area contributed by atoms with Gasteiger partial charge in [0.1, 0.15) is 73.2 Å². The third kappa shape index (κ3) is 28.4. The molecule has 33 nitrogen and oxygen atoms in total. The van der Waals surface area contributed by atoms with E-state index in [0.29, 0.717) is 0 Å². The van der Waals surface area contributed by atoms with Crippen LogP contribution in [0.3, 0.4) is 0 Å². The van der Waals surface area contributed by atoms with E-state index < -0.39 is 123 Å². The molecule has 0 aromatic carbocycles. The highest BCUT2D eigenvalue weighted by atomic mass is 16.7. The molecule has 3 heterocycles. The van der Waals surface area contributed by atoms with Gasteiger partial charge in [0.25, 0.3) is 0 Å². The third-order valence-corrected chi connectivity index (χ3v) is 12.2. The normalized spacial score (nSPS) is 29.5. The molecule has 3 fully saturated rings. The van der Waals surface area contributed by atoms with E-state index in [0.717, 1.165) is 0 Å². The number of aliphatic hydroxyl groups excluding tert-OH is 12.